The van der Waals surface area contributed by atoms with E-state index >= 15 is 0 Å². The summed E-state index contributed by atoms with van der Waals surface area (Å²) in [7, 11) is 0. The van der Waals surface area contributed by atoms with Gasteiger partial charge in [0.15, 0.2) is 0 Å². The molecule has 4 heteroatoms. The lowest BCUT2D eigenvalue weighted by Crippen LogP contribution is -2.30. The number of carbonyl (C=O) groups is 1. The van der Waals surface area contributed by atoms with Crippen molar-refractivity contribution in [2.75, 3.05) is 19.6 Å². The minimum absolute atomic E-state index is 0.141. The van der Waals surface area contributed by atoms with Gasteiger partial charge in [0.2, 0.25) is 5.91 Å². The van der Waals surface area contributed by atoms with Gasteiger partial charge in [0.05, 0.1) is 0 Å². The van der Waals surface area contributed by atoms with Crippen molar-refractivity contribution < 1.29 is 9.18 Å². The first-order valence-corrected chi connectivity index (χ1v) is 6.14. The minimum Gasteiger partial charge on any atom is -0.351 e. The normalized spacial score (nSPS) is 10.8. The van der Waals surface area contributed by atoms with Crippen LogP contribution in [0.3, 0.4) is 0 Å². The van der Waals surface area contributed by atoms with Gasteiger partial charge >= 0.3 is 0 Å². The summed E-state index contributed by atoms with van der Waals surface area (Å²) in [6.07, 6.45) is 4.19. The van der Waals surface area contributed by atoms with E-state index in [9.17, 15) is 9.18 Å². The predicted octanol–water partition coefficient (Wildman–Crippen LogP) is 1.95. The number of benzene rings is 1. The molecule has 0 heterocycles. The molecule has 0 aliphatic rings. The van der Waals surface area contributed by atoms with E-state index in [4.69, 9.17) is 0 Å². The molecule has 0 spiro atoms. The monoisotopic (exact) mass is 250 g/mol. The molecule has 0 fully saturated rings. The molecule has 0 aromatic heterocycles. The smallest absolute Gasteiger partial charge is 0.244 e. The quantitative estimate of drug-likeness (QED) is 0.573. The highest BCUT2D eigenvalue weighted by atomic mass is 19.1. The number of hydrogen-bond donors (Lipinski definition) is 2. The van der Waals surface area contributed by atoms with Crippen molar-refractivity contribution in [3.05, 3.63) is 41.7 Å². The van der Waals surface area contributed by atoms with Crippen LogP contribution in [0.25, 0.3) is 6.08 Å². The zero-order valence-corrected chi connectivity index (χ0v) is 10.6. The molecule has 1 aromatic rings. The van der Waals surface area contributed by atoms with E-state index in [0.717, 1.165) is 25.1 Å². The molecule has 0 unspecified atom stereocenters. The SMILES string of the molecule is CCCNCCNC(=O)C=Cc1ccc(F)cc1. The van der Waals surface area contributed by atoms with Gasteiger partial charge in [-0.15, -0.1) is 0 Å². The van der Waals surface area contributed by atoms with Crippen LogP contribution in [-0.4, -0.2) is 25.5 Å². The van der Waals surface area contributed by atoms with Crippen LogP contribution in [0.5, 0.6) is 0 Å². The molecule has 0 aliphatic carbocycles. The maximum absolute atomic E-state index is 12.6. The Bertz CT molecular complexity index is 387. The van der Waals surface area contributed by atoms with Gasteiger partial charge in [0.25, 0.3) is 0 Å². The summed E-state index contributed by atoms with van der Waals surface area (Å²) in [4.78, 5) is 11.4. The van der Waals surface area contributed by atoms with Gasteiger partial charge in [-0.3, -0.25) is 4.79 Å². The number of carbonyl (C=O) groups excluding carboxylic acids is 1. The van der Waals surface area contributed by atoms with Crippen LogP contribution in [0.2, 0.25) is 0 Å². The second kappa shape index (κ2) is 8.42. The third-order valence-corrected chi connectivity index (χ3v) is 2.32. The van der Waals surface area contributed by atoms with E-state index in [1.165, 1.54) is 18.2 Å². The molecule has 18 heavy (non-hydrogen) atoms. The van der Waals surface area contributed by atoms with E-state index in [2.05, 4.69) is 17.6 Å². The Morgan fingerprint density at radius 3 is 2.61 bits per heavy atom. The number of hydrogen-bond acceptors (Lipinski definition) is 2. The Morgan fingerprint density at radius 1 is 1.22 bits per heavy atom. The summed E-state index contributed by atoms with van der Waals surface area (Å²) in [6, 6.07) is 5.99. The van der Waals surface area contributed by atoms with Crippen molar-refractivity contribution in [3.8, 4) is 0 Å². The number of rotatable bonds is 7. The van der Waals surface area contributed by atoms with Gasteiger partial charge in [0.1, 0.15) is 5.82 Å². The summed E-state index contributed by atoms with van der Waals surface area (Å²) in [5.41, 5.74) is 0.802. The molecule has 3 nitrogen and oxygen atoms in total. The zero-order valence-electron chi connectivity index (χ0n) is 10.6. The summed E-state index contributed by atoms with van der Waals surface area (Å²) >= 11 is 0. The number of amides is 1. The second-order valence-corrected chi connectivity index (χ2v) is 3.93. The molecule has 0 radical (unpaired) electrons. The van der Waals surface area contributed by atoms with Crippen molar-refractivity contribution in [1.29, 1.82) is 0 Å². The fourth-order valence-electron chi connectivity index (χ4n) is 1.38. The van der Waals surface area contributed by atoms with Gasteiger partial charge < -0.3 is 10.6 Å². The average molecular weight is 250 g/mol. The topological polar surface area (TPSA) is 41.1 Å². The van der Waals surface area contributed by atoms with Crippen LogP contribution in [0.1, 0.15) is 18.9 Å². The fourth-order valence-corrected chi connectivity index (χ4v) is 1.38. The van der Waals surface area contributed by atoms with Crippen molar-refractivity contribution >= 4 is 12.0 Å². The van der Waals surface area contributed by atoms with Gasteiger partial charge in [0, 0.05) is 19.2 Å². The van der Waals surface area contributed by atoms with Crippen LogP contribution >= 0.6 is 0 Å². The van der Waals surface area contributed by atoms with E-state index in [1.54, 1.807) is 18.2 Å². The second-order valence-electron chi connectivity index (χ2n) is 3.93. The summed E-state index contributed by atoms with van der Waals surface area (Å²) in [5, 5.41) is 5.95. The summed E-state index contributed by atoms with van der Waals surface area (Å²) < 4.78 is 12.6. The molecule has 98 valence electrons. The van der Waals surface area contributed by atoms with E-state index in [1.807, 2.05) is 0 Å². The van der Waals surface area contributed by atoms with Crippen LogP contribution in [-0.2, 0) is 4.79 Å². The standard InChI is InChI=1S/C14H19FN2O/c1-2-9-16-10-11-17-14(18)8-5-12-3-6-13(15)7-4-12/h3-8,16H,2,9-11H2,1H3,(H,17,18). The molecule has 0 saturated heterocycles. The number of halogens is 1. The van der Waals surface area contributed by atoms with Crippen molar-refractivity contribution in [3.63, 3.8) is 0 Å². The van der Waals surface area contributed by atoms with Crippen LogP contribution < -0.4 is 10.6 Å². The van der Waals surface area contributed by atoms with E-state index in [0.29, 0.717) is 6.54 Å². The molecule has 0 saturated carbocycles. The van der Waals surface area contributed by atoms with Crippen molar-refractivity contribution in [2.45, 2.75) is 13.3 Å². The first kappa shape index (κ1) is 14.4. The Kier molecular flexibility index (Phi) is 6.72. The third-order valence-electron chi connectivity index (χ3n) is 2.32. The van der Waals surface area contributed by atoms with Gasteiger partial charge in [-0.2, -0.15) is 0 Å². The fraction of sp³-hybridized carbons (Fsp3) is 0.357. The minimum atomic E-state index is -0.279. The van der Waals surface area contributed by atoms with Crippen LogP contribution in [0.15, 0.2) is 30.3 Å². The number of nitrogens with one attached hydrogen (secondary N) is 2. The lowest BCUT2D eigenvalue weighted by Gasteiger charge is -2.03. The molecule has 0 aliphatic heterocycles. The lowest BCUT2D eigenvalue weighted by molar-refractivity contribution is -0.116. The van der Waals surface area contributed by atoms with Gasteiger partial charge in [-0.25, -0.2) is 4.39 Å². The first-order chi connectivity index (χ1) is 8.72. The molecule has 1 aromatic carbocycles. The molecule has 0 atom stereocenters. The molecular formula is C14H19FN2O. The van der Waals surface area contributed by atoms with Crippen molar-refractivity contribution in [1.82, 2.24) is 10.6 Å². The van der Waals surface area contributed by atoms with Crippen LogP contribution in [0, 0.1) is 5.82 Å². The van der Waals surface area contributed by atoms with E-state index < -0.39 is 0 Å². The maximum atomic E-state index is 12.6. The Morgan fingerprint density at radius 2 is 1.94 bits per heavy atom. The molecule has 1 rings (SSSR count). The highest BCUT2D eigenvalue weighted by Gasteiger charge is 1.94. The molecular weight excluding hydrogens is 231 g/mol. The van der Waals surface area contributed by atoms with Gasteiger partial charge in [-0.05, 0) is 36.7 Å². The largest absolute Gasteiger partial charge is 0.351 e. The van der Waals surface area contributed by atoms with Crippen LogP contribution in [0.4, 0.5) is 4.39 Å². The third kappa shape index (κ3) is 6.15. The van der Waals surface area contributed by atoms with Gasteiger partial charge in [-0.1, -0.05) is 19.1 Å². The molecule has 0 bridgehead atoms. The maximum Gasteiger partial charge on any atom is 0.244 e. The zero-order chi connectivity index (χ0) is 13.2. The highest BCUT2D eigenvalue weighted by molar-refractivity contribution is 5.91. The van der Waals surface area contributed by atoms with Crippen molar-refractivity contribution in [2.24, 2.45) is 0 Å². The average Bonchev–Trinajstić information content (AvgIpc) is 2.38. The highest BCUT2D eigenvalue weighted by Crippen LogP contribution is 2.04. The summed E-state index contributed by atoms with van der Waals surface area (Å²) in [5.74, 6) is -0.420. The summed E-state index contributed by atoms with van der Waals surface area (Å²) in [6.45, 7) is 4.43. The Hall–Kier alpha value is -1.68. The van der Waals surface area contributed by atoms with E-state index in [-0.39, 0.29) is 11.7 Å². The Labute approximate surface area is 107 Å². The lowest BCUT2D eigenvalue weighted by atomic mass is 10.2. The first-order valence-electron chi connectivity index (χ1n) is 6.14. The Balaban J connectivity index is 2.25. The predicted molar refractivity (Wildman–Crippen MR) is 71.6 cm³/mol. The molecule has 2 N–H and O–H groups in total. The molecule has 1 amide bonds.